The first-order valence-electron chi connectivity index (χ1n) is 5.58. The molecule has 1 aromatic rings. The van der Waals surface area contributed by atoms with Gasteiger partial charge < -0.3 is 16.8 Å². The summed E-state index contributed by atoms with van der Waals surface area (Å²) in [5, 5.41) is 2.94. The number of carbonyl (C=O) groups excluding carboxylic acids is 1. The van der Waals surface area contributed by atoms with Crippen molar-refractivity contribution < 1.29 is 4.79 Å². The lowest BCUT2D eigenvalue weighted by atomic mass is 10.1. The number of amides is 1. The molecule has 1 atom stereocenters. The molecule has 1 fully saturated rings. The van der Waals surface area contributed by atoms with E-state index in [0.29, 0.717) is 23.7 Å². The highest BCUT2D eigenvalue weighted by atomic mass is 16.1. The molecule has 0 aromatic heterocycles. The molecule has 1 aliphatic carbocycles. The van der Waals surface area contributed by atoms with Crippen molar-refractivity contribution in [1.29, 1.82) is 0 Å². The van der Waals surface area contributed by atoms with Gasteiger partial charge in [-0.25, -0.2) is 0 Å². The molecule has 1 aliphatic rings. The molecule has 16 heavy (non-hydrogen) atoms. The fourth-order valence-electron chi connectivity index (χ4n) is 1.82. The standard InChI is InChI=1S/C12H17N3O/c13-7-11(8-5-6-8)15-12(16)9-3-1-2-4-10(9)14/h1-4,8,11H,5-7,13-14H2,(H,15,16). The molecular formula is C12H17N3O. The summed E-state index contributed by atoms with van der Waals surface area (Å²) in [5.74, 6) is 0.430. The largest absolute Gasteiger partial charge is 0.398 e. The molecule has 4 heteroatoms. The third kappa shape index (κ3) is 2.33. The Balaban J connectivity index is 2.04. The first-order valence-corrected chi connectivity index (χ1v) is 5.58. The van der Waals surface area contributed by atoms with E-state index in [1.54, 1.807) is 18.2 Å². The van der Waals surface area contributed by atoms with E-state index < -0.39 is 0 Å². The Kier molecular flexibility index (Phi) is 3.10. The van der Waals surface area contributed by atoms with Crippen LogP contribution >= 0.6 is 0 Å². The molecule has 1 saturated carbocycles. The van der Waals surface area contributed by atoms with Crippen LogP contribution in [0, 0.1) is 5.92 Å². The van der Waals surface area contributed by atoms with Gasteiger partial charge in [0.25, 0.3) is 5.91 Å². The molecule has 2 rings (SSSR count). The number of hydrogen-bond donors (Lipinski definition) is 3. The van der Waals surface area contributed by atoms with Gasteiger partial charge in [0.1, 0.15) is 0 Å². The zero-order valence-corrected chi connectivity index (χ0v) is 9.15. The molecule has 86 valence electrons. The highest BCUT2D eigenvalue weighted by Gasteiger charge is 2.31. The van der Waals surface area contributed by atoms with Crippen molar-refractivity contribution in [3.8, 4) is 0 Å². The number of hydrogen-bond acceptors (Lipinski definition) is 3. The van der Waals surface area contributed by atoms with Crippen molar-refractivity contribution in [3.63, 3.8) is 0 Å². The van der Waals surface area contributed by atoms with Crippen LogP contribution in [0.25, 0.3) is 0 Å². The van der Waals surface area contributed by atoms with Gasteiger partial charge in [-0.2, -0.15) is 0 Å². The van der Waals surface area contributed by atoms with Gasteiger partial charge in [0, 0.05) is 18.3 Å². The van der Waals surface area contributed by atoms with Crippen molar-refractivity contribution in [2.24, 2.45) is 11.7 Å². The minimum absolute atomic E-state index is 0.0899. The van der Waals surface area contributed by atoms with E-state index >= 15 is 0 Å². The summed E-state index contributed by atoms with van der Waals surface area (Å²) < 4.78 is 0. The lowest BCUT2D eigenvalue weighted by Gasteiger charge is -2.16. The van der Waals surface area contributed by atoms with Crippen LogP contribution in [0.15, 0.2) is 24.3 Å². The molecule has 5 N–H and O–H groups in total. The normalized spacial score (nSPS) is 16.8. The maximum Gasteiger partial charge on any atom is 0.253 e. The van der Waals surface area contributed by atoms with Gasteiger partial charge in [0.15, 0.2) is 0 Å². The summed E-state index contributed by atoms with van der Waals surface area (Å²) in [6.07, 6.45) is 2.32. The Labute approximate surface area is 95.0 Å². The van der Waals surface area contributed by atoms with E-state index in [0.717, 1.165) is 12.8 Å². The van der Waals surface area contributed by atoms with Gasteiger partial charge in [-0.05, 0) is 30.9 Å². The molecule has 1 aromatic carbocycles. The van der Waals surface area contributed by atoms with E-state index in [2.05, 4.69) is 5.32 Å². The lowest BCUT2D eigenvalue weighted by molar-refractivity contribution is 0.0934. The Hall–Kier alpha value is -1.55. The highest BCUT2D eigenvalue weighted by molar-refractivity contribution is 5.99. The van der Waals surface area contributed by atoms with Gasteiger partial charge >= 0.3 is 0 Å². The molecular weight excluding hydrogens is 202 g/mol. The highest BCUT2D eigenvalue weighted by Crippen LogP contribution is 2.32. The van der Waals surface area contributed by atoms with Crippen molar-refractivity contribution in [2.45, 2.75) is 18.9 Å². The summed E-state index contributed by atoms with van der Waals surface area (Å²) >= 11 is 0. The second-order valence-electron chi connectivity index (χ2n) is 4.24. The number of rotatable bonds is 4. The van der Waals surface area contributed by atoms with E-state index in [9.17, 15) is 4.79 Å². The topological polar surface area (TPSA) is 81.1 Å². The summed E-state index contributed by atoms with van der Waals surface area (Å²) in [4.78, 5) is 11.9. The van der Waals surface area contributed by atoms with E-state index in [-0.39, 0.29) is 11.9 Å². The molecule has 0 aliphatic heterocycles. The van der Waals surface area contributed by atoms with Gasteiger partial charge in [0.05, 0.1) is 5.56 Å². The van der Waals surface area contributed by atoms with Crippen molar-refractivity contribution in [3.05, 3.63) is 29.8 Å². The van der Waals surface area contributed by atoms with Crippen LogP contribution in [0.1, 0.15) is 23.2 Å². The number of anilines is 1. The average Bonchev–Trinajstić information content (AvgIpc) is 3.10. The van der Waals surface area contributed by atoms with Gasteiger partial charge in [-0.1, -0.05) is 12.1 Å². The van der Waals surface area contributed by atoms with Crippen LogP contribution in [-0.4, -0.2) is 18.5 Å². The first-order chi connectivity index (χ1) is 7.72. The van der Waals surface area contributed by atoms with Crippen molar-refractivity contribution in [2.75, 3.05) is 12.3 Å². The zero-order valence-electron chi connectivity index (χ0n) is 9.15. The Morgan fingerprint density at radius 2 is 2.12 bits per heavy atom. The van der Waals surface area contributed by atoms with Crippen LogP contribution in [0.4, 0.5) is 5.69 Å². The number of nitrogens with two attached hydrogens (primary N) is 2. The Bertz CT molecular complexity index is 388. The number of nitrogens with one attached hydrogen (secondary N) is 1. The smallest absolute Gasteiger partial charge is 0.253 e. The van der Waals surface area contributed by atoms with Crippen molar-refractivity contribution in [1.82, 2.24) is 5.32 Å². The number of para-hydroxylation sites is 1. The number of carbonyl (C=O) groups is 1. The average molecular weight is 219 g/mol. The van der Waals surface area contributed by atoms with Crippen LogP contribution in [-0.2, 0) is 0 Å². The lowest BCUT2D eigenvalue weighted by Crippen LogP contribution is -2.41. The van der Waals surface area contributed by atoms with E-state index in [1.807, 2.05) is 6.07 Å². The Morgan fingerprint density at radius 1 is 1.44 bits per heavy atom. The van der Waals surface area contributed by atoms with Gasteiger partial charge in [0.2, 0.25) is 0 Å². The minimum Gasteiger partial charge on any atom is -0.398 e. The monoisotopic (exact) mass is 219 g/mol. The summed E-state index contributed by atoms with van der Waals surface area (Å²) in [7, 11) is 0. The Morgan fingerprint density at radius 3 is 2.69 bits per heavy atom. The number of nitrogen functional groups attached to an aromatic ring is 1. The SMILES string of the molecule is NCC(NC(=O)c1ccccc1N)C1CC1. The zero-order chi connectivity index (χ0) is 11.5. The molecule has 0 spiro atoms. The molecule has 0 radical (unpaired) electrons. The van der Waals surface area contributed by atoms with Crippen LogP contribution in [0.5, 0.6) is 0 Å². The second kappa shape index (κ2) is 4.53. The fraction of sp³-hybridized carbons (Fsp3) is 0.417. The molecule has 1 amide bonds. The maximum atomic E-state index is 11.9. The minimum atomic E-state index is -0.125. The summed E-state index contributed by atoms with van der Waals surface area (Å²) in [6, 6.07) is 7.16. The molecule has 0 saturated heterocycles. The third-order valence-corrected chi connectivity index (χ3v) is 2.97. The number of benzene rings is 1. The van der Waals surface area contributed by atoms with E-state index in [4.69, 9.17) is 11.5 Å². The molecule has 1 unspecified atom stereocenters. The second-order valence-corrected chi connectivity index (χ2v) is 4.24. The van der Waals surface area contributed by atoms with Crippen LogP contribution in [0.3, 0.4) is 0 Å². The van der Waals surface area contributed by atoms with Gasteiger partial charge in [-0.3, -0.25) is 4.79 Å². The van der Waals surface area contributed by atoms with Gasteiger partial charge in [-0.15, -0.1) is 0 Å². The quantitative estimate of drug-likeness (QED) is 0.653. The maximum absolute atomic E-state index is 11.9. The predicted octanol–water partition coefficient (Wildman–Crippen LogP) is 0.736. The summed E-state index contributed by atoms with van der Waals surface area (Å²) in [5.41, 5.74) is 12.4. The summed E-state index contributed by atoms with van der Waals surface area (Å²) in [6.45, 7) is 0.489. The first kappa shape index (κ1) is 11.0. The van der Waals surface area contributed by atoms with Crippen LogP contribution in [0.2, 0.25) is 0 Å². The molecule has 4 nitrogen and oxygen atoms in total. The van der Waals surface area contributed by atoms with Crippen molar-refractivity contribution >= 4 is 11.6 Å². The molecule has 0 heterocycles. The molecule has 0 bridgehead atoms. The van der Waals surface area contributed by atoms with Crippen LogP contribution < -0.4 is 16.8 Å². The van der Waals surface area contributed by atoms with E-state index in [1.165, 1.54) is 0 Å². The fourth-order valence-corrected chi connectivity index (χ4v) is 1.82. The third-order valence-electron chi connectivity index (χ3n) is 2.97. The predicted molar refractivity (Wildman–Crippen MR) is 63.9 cm³/mol.